The van der Waals surface area contributed by atoms with Crippen molar-refractivity contribution in [2.75, 3.05) is 0 Å². The summed E-state index contributed by atoms with van der Waals surface area (Å²) in [5.41, 5.74) is 3.78. The number of imide groups is 1. The number of aliphatic hydroxyl groups excluding tert-OH is 2. The van der Waals surface area contributed by atoms with E-state index in [0.29, 0.717) is 33.8 Å². The van der Waals surface area contributed by atoms with Crippen molar-refractivity contribution in [3.8, 4) is 0 Å². The third kappa shape index (κ3) is 3.67. The first-order valence-corrected chi connectivity index (χ1v) is 17.6. The Hall–Kier alpha value is -3.02. The lowest BCUT2D eigenvalue weighted by Crippen LogP contribution is -2.46. The molecular weight excluding hydrogens is 602 g/mol. The first-order chi connectivity index (χ1) is 19.3. The Morgan fingerprint density at radius 2 is 1.66 bits per heavy atom. The molecule has 1 aliphatic heterocycles. The molecule has 5 aromatic rings. The summed E-state index contributed by atoms with van der Waals surface area (Å²) >= 11 is 3.56. The van der Waals surface area contributed by atoms with Crippen LogP contribution in [0.4, 0.5) is 0 Å². The average molecular weight is 635 g/mol. The van der Waals surface area contributed by atoms with Crippen LogP contribution in [0.5, 0.6) is 0 Å². The van der Waals surface area contributed by atoms with Gasteiger partial charge in [0.05, 0.1) is 34.3 Å². The second-order valence-corrected chi connectivity index (χ2v) is 18.6. The second-order valence-electron chi connectivity index (χ2n) is 12.9. The number of aromatic amines is 1. The van der Waals surface area contributed by atoms with Gasteiger partial charge >= 0.3 is 0 Å². The van der Waals surface area contributed by atoms with Crippen molar-refractivity contribution in [2.24, 2.45) is 0 Å². The maximum Gasteiger partial charge on any atom is 0.259 e. The zero-order valence-electron chi connectivity index (χ0n) is 23.5. The number of aliphatic hydroxyl groups is 2. The van der Waals surface area contributed by atoms with Crippen molar-refractivity contribution in [1.29, 1.82) is 0 Å². The molecule has 0 spiro atoms. The average Bonchev–Trinajstić information content (AvgIpc) is 3.59. The van der Waals surface area contributed by atoms with Gasteiger partial charge in [-0.3, -0.25) is 14.9 Å². The number of halogens is 1. The number of carbonyl (C=O) groups is 2. The Morgan fingerprint density at radius 3 is 2.37 bits per heavy atom. The lowest BCUT2D eigenvalue weighted by Gasteiger charge is -2.39. The fourth-order valence-corrected chi connectivity index (χ4v) is 8.24. The molecule has 0 saturated heterocycles. The lowest BCUT2D eigenvalue weighted by molar-refractivity contribution is -0.0199. The molecule has 212 valence electrons. The van der Waals surface area contributed by atoms with E-state index in [0.717, 1.165) is 31.8 Å². The van der Waals surface area contributed by atoms with Crippen LogP contribution in [-0.2, 0) is 4.43 Å². The minimum absolute atomic E-state index is 0.0617. The van der Waals surface area contributed by atoms with E-state index in [1.54, 1.807) is 0 Å². The molecule has 4 atom stereocenters. The minimum atomic E-state index is -2.25. The SMILES string of the molecule is CC(C)(C)[Si](C)(C)O[C@H]1CC(n2c3ccccc3c3c4c(c5c6cc(Br)ccc6[nH]c5c32)C(=O)NC4=O)[C@H](O)[C@@H]1O. The molecule has 2 aromatic heterocycles. The predicted molar refractivity (Wildman–Crippen MR) is 166 cm³/mol. The largest absolute Gasteiger partial charge is 0.411 e. The number of rotatable bonds is 3. The van der Waals surface area contributed by atoms with Crippen LogP contribution in [-0.4, -0.2) is 58.2 Å². The second kappa shape index (κ2) is 8.75. The van der Waals surface area contributed by atoms with Gasteiger partial charge in [0.2, 0.25) is 0 Å². The number of benzene rings is 3. The van der Waals surface area contributed by atoms with Gasteiger partial charge in [0.15, 0.2) is 8.32 Å². The summed E-state index contributed by atoms with van der Waals surface area (Å²) < 4.78 is 9.55. The molecule has 10 heteroatoms. The third-order valence-electron chi connectivity index (χ3n) is 9.52. The van der Waals surface area contributed by atoms with Crippen molar-refractivity contribution >= 4 is 79.7 Å². The van der Waals surface area contributed by atoms with E-state index in [-0.39, 0.29) is 5.04 Å². The molecule has 1 fully saturated rings. The molecule has 1 unspecified atom stereocenters. The highest BCUT2D eigenvalue weighted by molar-refractivity contribution is 9.10. The third-order valence-corrected chi connectivity index (χ3v) is 14.5. The molecule has 0 radical (unpaired) electrons. The monoisotopic (exact) mass is 633 g/mol. The fourth-order valence-electron chi connectivity index (χ4n) is 6.54. The molecule has 7 rings (SSSR count). The molecule has 4 N–H and O–H groups in total. The highest BCUT2D eigenvalue weighted by Crippen LogP contribution is 2.48. The van der Waals surface area contributed by atoms with Crippen LogP contribution >= 0.6 is 15.9 Å². The van der Waals surface area contributed by atoms with Gasteiger partial charge in [-0.2, -0.15) is 0 Å². The predicted octanol–water partition coefficient (Wildman–Crippen LogP) is 6.13. The van der Waals surface area contributed by atoms with Crippen LogP contribution in [0.2, 0.25) is 18.1 Å². The first kappa shape index (κ1) is 26.8. The van der Waals surface area contributed by atoms with Crippen molar-refractivity contribution in [2.45, 2.75) is 69.7 Å². The Bertz CT molecular complexity index is 1950. The summed E-state index contributed by atoms with van der Waals surface area (Å²) in [6, 6.07) is 13.0. The molecule has 8 nitrogen and oxygen atoms in total. The van der Waals surface area contributed by atoms with Gasteiger partial charge in [-0.1, -0.05) is 54.9 Å². The quantitative estimate of drug-likeness (QED) is 0.141. The molecule has 2 amide bonds. The van der Waals surface area contributed by atoms with Crippen LogP contribution < -0.4 is 5.32 Å². The van der Waals surface area contributed by atoms with Gasteiger partial charge < -0.3 is 24.2 Å². The van der Waals surface area contributed by atoms with Crippen molar-refractivity contribution in [1.82, 2.24) is 14.9 Å². The number of H-pyrrole nitrogens is 1. The molecule has 0 bridgehead atoms. The van der Waals surface area contributed by atoms with Crippen LogP contribution in [0, 0.1) is 0 Å². The molecule has 2 aliphatic rings. The van der Waals surface area contributed by atoms with Crippen molar-refractivity contribution in [3.63, 3.8) is 0 Å². The van der Waals surface area contributed by atoms with Crippen LogP contribution in [0.25, 0.3) is 43.6 Å². The Kier molecular flexibility index (Phi) is 5.73. The maximum absolute atomic E-state index is 13.4. The number of nitrogens with one attached hydrogen (secondary N) is 2. The standard InChI is InChI=1S/C31H32BrN3O5Si/c1-31(2,3)41(4,5)40-20-13-19(27(36)28(20)37)35-18-9-7-6-8-15(18)22-24-23(29(38)34-30(24)39)21-16-12-14(32)10-11-17(16)33-25(21)26(22)35/h6-12,19-20,27-28,33,36-37H,13H2,1-5H3,(H,34,38,39)/t19?,20-,27-,28+/m0/s1. The Labute approximate surface area is 245 Å². The molecular formula is C31H32BrN3O5Si. The molecule has 3 aromatic carbocycles. The van der Waals surface area contributed by atoms with E-state index in [1.807, 2.05) is 42.5 Å². The van der Waals surface area contributed by atoms with Gasteiger partial charge in [-0.25, -0.2) is 0 Å². The van der Waals surface area contributed by atoms with E-state index in [4.69, 9.17) is 4.43 Å². The van der Waals surface area contributed by atoms with Crippen LogP contribution in [0.15, 0.2) is 46.9 Å². The highest BCUT2D eigenvalue weighted by atomic mass is 79.9. The van der Waals surface area contributed by atoms with Crippen molar-refractivity contribution < 1.29 is 24.2 Å². The van der Waals surface area contributed by atoms with E-state index < -0.39 is 44.5 Å². The van der Waals surface area contributed by atoms with E-state index >= 15 is 0 Å². The number of para-hydroxylation sites is 1. The number of aromatic nitrogens is 2. The number of amides is 2. The number of nitrogens with zero attached hydrogens (tertiary/aromatic N) is 1. The zero-order chi connectivity index (χ0) is 29.2. The highest BCUT2D eigenvalue weighted by Gasteiger charge is 2.49. The number of carbonyl (C=O) groups excluding carboxylic acids is 2. The fraction of sp³-hybridized carbons (Fsp3) is 0.355. The van der Waals surface area contributed by atoms with E-state index in [1.165, 1.54) is 0 Å². The Morgan fingerprint density at radius 1 is 0.976 bits per heavy atom. The van der Waals surface area contributed by atoms with Crippen LogP contribution in [0.1, 0.15) is 53.9 Å². The molecule has 3 heterocycles. The number of hydrogen-bond donors (Lipinski definition) is 4. The van der Waals surface area contributed by atoms with Crippen molar-refractivity contribution in [3.05, 3.63) is 58.1 Å². The van der Waals surface area contributed by atoms with Gasteiger partial charge in [0.1, 0.15) is 12.2 Å². The van der Waals surface area contributed by atoms with Crippen LogP contribution in [0.3, 0.4) is 0 Å². The first-order valence-electron chi connectivity index (χ1n) is 13.9. The van der Waals surface area contributed by atoms with Gasteiger partial charge in [-0.15, -0.1) is 0 Å². The summed E-state index contributed by atoms with van der Waals surface area (Å²) in [4.78, 5) is 30.2. The summed E-state index contributed by atoms with van der Waals surface area (Å²) in [6.07, 6.45) is -2.31. The maximum atomic E-state index is 13.4. The lowest BCUT2D eigenvalue weighted by atomic mass is 9.96. The number of fused-ring (bicyclic) bond motifs is 10. The summed E-state index contributed by atoms with van der Waals surface area (Å²) in [7, 11) is -2.25. The van der Waals surface area contributed by atoms with Gasteiger partial charge in [0.25, 0.3) is 11.8 Å². The summed E-state index contributed by atoms with van der Waals surface area (Å²) in [5.74, 6) is -0.857. The molecule has 1 saturated carbocycles. The topological polar surface area (TPSA) is 117 Å². The molecule has 1 aliphatic carbocycles. The summed E-state index contributed by atoms with van der Waals surface area (Å²) in [5, 5.41) is 28.3. The zero-order valence-corrected chi connectivity index (χ0v) is 26.1. The number of hydrogen-bond acceptors (Lipinski definition) is 5. The normalized spacial score (nSPS) is 23.4. The van der Waals surface area contributed by atoms with Gasteiger partial charge in [0, 0.05) is 37.1 Å². The Balaban J connectivity index is 1.56. The smallest absolute Gasteiger partial charge is 0.259 e. The minimum Gasteiger partial charge on any atom is -0.411 e. The summed E-state index contributed by atoms with van der Waals surface area (Å²) in [6.45, 7) is 10.7. The molecule has 41 heavy (non-hydrogen) atoms. The van der Waals surface area contributed by atoms with Gasteiger partial charge in [-0.05, 0) is 48.8 Å². The van der Waals surface area contributed by atoms with E-state index in [2.05, 4.69) is 64.7 Å². The van der Waals surface area contributed by atoms with E-state index in [9.17, 15) is 19.8 Å².